The average Bonchev–Trinajstić information content (AvgIpc) is 3.36. The van der Waals surface area contributed by atoms with Crippen LogP contribution in [-0.4, -0.2) is 25.0 Å². The van der Waals surface area contributed by atoms with Gasteiger partial charge in [-0.25, -0.2) is 4.79 Å². The number of ether oxygens (including phenoxy) is 1. The number of amides is 1. The van der Waals surface area contributed by atoms with Crippen LogP contribution in [0.3, 0.4) is 0 Å². The van der Waals surface area contributed by atoms with E-state index >= 15 is 0 Å². The zero-order valence-electron chi connectivity index (χ0n) is 15.6. The molecule has 0 radical (unpaired) electrons. The summed E-state index contributed by atoms with van der Waals surface area (Å²) in [5.41, 5.74) is 1.11. The van der Waals surface area contributed by atoms with Crippen molar-refractivity contribution in [3.8, 4) is 0 Å². The molecule has 0 aliphatic heterocycles. The molecule has 3 rings (SSSR count). The van der Waals surface area contributed by atoms with Crippen LogP contribution >= 0.6 is 11.3 Å². The average molecular weight is 399 g/mol. The van der Waals surface area contributed by atoms with Crippen molar-refractivity contribution in [3.63, 3.8) is 0 Å². The van der Waals surface area contributed by atoms with Crippen LogP contribution < -0.4 is 10.2 Å². The molecular weight excluding hydrogens is 376 g/mol. The molecule has 0 saturated carbocycles. The molecule has 0 spiro atoms. The maximum Gasteiger partial charge on any atom is 0.338 e. The lowest BCUT2D eigenvalue weighted by Crippen LogP contribution is -3.10. The summed E-state index contributed by atoms with van der Waals surface area (Å²) in [5.74, 6) is 0.380. The van der Waals surface area contributed by atoms with Gasteiger partial charge in [-0.2, -0.15) is 0 Å². The van der Waals surface area contributed by atoms with E-state index in [1.807, 2.05) is 23.6 Å². The van der Waals surface area contributed by atoms with Gasteiger partial charge in [0.25, 0.3) is 5.91 Å². The summed E-state index contributed by atoms with van der Waals surface area (Å²) < 4.78 is 10.4. The third kappa shape index (κ3) is 5.80. The Hall–Kier alpha value is -2.90. The predicted octanol–water partition coefficient (Wildman–Crippen LogP) is 2.74. The Morgan fingerprint density at radius 1 is 1.11 bits per heavy atom. The summed E-state index contributed by atoms with van der Waals surface area (Å²) in [6.07, 6.45) is 1.64. The van der Waals surface area contributed by atoms with Gasteiger partial charge in [0.1, 0.15) is 13.1 Å². The molecule has 0 fully saturated rings. The lowest BCUT2D eigenvalue weighted by molar-refractivity contribution is -0.920. The van der Waals surface area contributed by atoms with E-state index in [0.29, 0.717) is 30.9 Å². The largest absolute Gasteiger partial charge is 0.463 e. The van der Waals surface area contributed by atoms with E-state index in [2.05, 4.69) is 11.4 Å². The minimum atomic E-state index is -0.370. The van der Waals surface area contributed by atoms with Gasteiger partial charge < -0.3 is 19.4 Å². The van der Waals surface area contributed by atoms with Gasteiger partial charge in [0.15, 0.2) is 12.3 Å². The number of rotatable bonds is 9. The van der Waals surface area contributed by atoms with Crippen LogP contribution in [-0.2, 0) is 22.6 Å². The third-order valence-electron chi connectivity index (χ3n) is 4.10. The van der Waals surface area contributed by atoms with E-state index in [4.69, 9.17) is 9.15 Å². The molecule has 0 aliphatic carbocycles. The molecule has 6 nitrogen and oxygen atoms in total. The maximum absolute atomic E-state index is 12.6. The van der Waals surface area contributed by atoms with E-state index in [1.54, 1.807) is 48.8 Å². The molecule has 2 aromatic heterocycles. The monoisotopic (exact) mass is 399 g/mol. The van der Waals surface area contributed by atoms with Crippen LogP contribution in [0.1, 0.15) is 27.9 Å². The molecule has 0 saturated heterocycles. The van der Waals surface area contributed by atoms with E-state index in [-0.39, 0.29) is 11.9 Å². The van der Waals surface area contributed by atoms with Gasteiger partial charge in [-0.15, -0.1) is 11.3 Å². The van der Waals surface area contributed by atoms with Gasteiger partial charge in [0, 0.05) is 5.69 Å². The topological polar surface area (TPSA) is 73.0 Å². The van der Waals surface area contributed by atoms with Crippen molar-refractivity contribution in [1.29, 1.82) is 0 Å². The first-order valence-electron chi connectivity index (χ1n) is 9.09. The molecule has 1 amide bonds. The van der Waals surface area contributed by atoms with E-state index < -0.39 is 0 Å². The summed E-state index contributed by atoms with van der Waals surface area (Å²) in [6.45, 7) is 3.77. The molecule has 3 aromatic rings. The van der Waals surface area contributed by atoms with Gasteiger partial charge in [-0.05, 0) is 54.8 Å². The summed E-state index contributed by atoms with van der Waals surface area (Å²) in [4.78, 5) is 26.6. The smallest absolute Gasteiger partial charge is 0.338 e. The number of nitrogens with one attached hydrogen (secondary N) is 2. The van der Waals surface area contributed by atoms with Crippen molar-refractivity contribution in [3.05, 3.63) is 76.4 Å². The molecule has 2 heterocycles. The van der Waals surface area contributed by atoms with Crippen molar-refractivity contribution in [2.45, 2.75) is 20.0 Å². The van der Waals surface area contributed by atoms with Crippen LogP contribution in [0.2, 0.25) is 0 Å². The Kier molecular flexibility index (Phi) is 7.00. The van der Waals surface area contributed by atoms with Gasteiger partial charge >= 0.3 is 5.97 Å². The Bertz CT molecular complexity index is 838. The lowest BCUT2D eigenvalue weighted by atomic mass is 10.2. The zero-order valence-corrected chi connectivity index (χ0v) is 16.5. The molecule has 0 bridgehead atoms. The Labute approximate surface area is 167 Å². The minimum Gasteiger partial charge on any atom is -0.463 e. The number of benzene rings is 1. The maximum atomic E-state index is 12.6. The van der Waals surface area contributed by atoms with Crippen molar-refractivity contribution < 1.29 is 23.6 Å². The number of furan rings is 1. The quantitative estimate of drug-likeness (QED) is 0.543. The number of thiophene rings is 1. The highest BCUT2D eigenvalue weighted by molar-refractivity contribution is 7.09. The number of anilines is 1. The van der Waals surface area contributed by atoms with Crippen LogP contribution in [0.25, 0.3) is 0 Å². The molecular formula is C21H23N2O4S+. The van der Waals surface area contributed by atoms with Crippen molar-refractivity contribution in [1.82, 2.24) is 0 Å². The number of quaternary nitrogens is 1. The Morgan fingerprint density at radius 2 is 1.93 bits per heavy atom. The van der Waals surface area contributed by atoms with Gasteiger partial charge in [0.05, 0.1) is 23.3 Å². The van der Waals surface area contributed by atoms with Gasteiger partial charge in [-0.1, -0.05) is 6.07 Å². The highest BCUT2D eigenvalue weighted by Crippen LogP contribution is 2.11. The molecule has 1 aromatic carbocycles. The lowest BCUT2D eigenvalue weighted by Gasteiger charge is -2.17. The van der Waals surface area contributed by atoms with Crippen LogP contribution in [0.15, 0.2) is 64.6 Å². The minimum absolute atomic E-state index is 0.0954. The number of carbonyl (C=O) groups is 2. The fraction of sp³-hybridized carbons (Fsp3) is 0.238. The van der Waals surface area contributed by atoms with E-state index in [9.17, 15) is 9.59 Å². The highest BCUT2D eigenvalue weighted by Gasteiger charge is 2.18. The van der Waals surface area contributed by atoms with E-state index in [0.717, 1.165) is 17.2 Å². The number of esters is 1. The van der Waals surface area contributed by atoms with Crippen molar-refractivity contribution >= 4 is 28.9 Å². The van der Waals surface area contributed by atoms with Crippen LogP contribution in [0, 0.1) is 0 Å². The highest BCUT2D eigenvalue weighted by atomic mass is 32.1. The third-order valence-corrected chi connectivity index (χ3v) is 4.98. The second-order valence-electron chi connectivity index (χ2n) is 6.29. The first kappa shape index (κ1) is 19.9. The standard InChI is InChI=1S/C21H22N2O4S/c1-2-26-21(25)16-7-9-17(10-8-16)22-20(24)15-23(13-18-5-3-11-27-18)14-19-6-4-12-28-19/h3-12H,2,13-15H2,1H3,(H,22,24)/p+1. The number of hydrogen-bond acceptors (Lipinski definition) is 5. The van der Waals surface area contributed by atoms with Gasteiger partial charge in [-0.3, -0.25) is 4.79 Å². The van der Waals surface area contributed by atoms with Crippen molar-refractivity contribution in [2.24, 2.45) is 0 Å². The van der Waals surface area contributed by atoms with Crippen LogP contribution in [0.5, 0.6) is 0 Å². The zero-order chi connectivity index (χ0) is 19.8. The predicted molar refractivity (Wildman–Crippen MR) is 107 cm³/mol. The normalized spacial score (nSPS) is 11.8. The first-order chi connectivity index (χ1) is 13.6. The molecule has 2 N–H and O–H groups in total. The SMILES string of the molecule is CCOC(=O)c1ccc(NC(=O)C[NH+](Cc2ccco2)Cc2cccs2)cc1. The molecule has 1 unspecified atom stereocenters. The number of carbonyl (C=O) groups excluding carboxylic acids is 2. The Balaban J connectivity index is 1.60. The number of hydrogen-bond donors (Lipinski definition) is 2. The second kappa shape index (κ2) is 9.87. The van der Waals surface area contributed by atoms with Crippen molar-refractivity contribution in [2.75, 3.05) is 18.5 Å². The summed E-state index contributed by atoms with van der Waals surface area (Å²) in [7, 11) is 0. The summed E-state index contributed by atoms with van der Waals surface area (Å²) in [6, 6.07) is 14.5. The van der Waals surface area contributed by atoms with Crippen LogP contribution in [0.4, 0.5) is 5.69 Å². The first-order valence-corrected chi connectivity index (χ1v) is 9.97. The summed E-state index contributed by atoms with van der Waals surface area (Å²) >= 11 is 1.68. The fourth-order valence-corrected chi connectivity index (χ4v) is 3.62. The molecule has 7 heteroatoms. The molecule has 146 valence electrons. The summed E-state index contributed by atoms with van der Waals surface area (Å²) in [5, 5.41) is 4.92. The molecule has 0 aliphatic rings. The van der Waals surface area contributed by atoms with Gasteiger partial charge in [0.2, 0.25) is 0 Å². The fourth-order valence-electron chi connectivity index (χ4n) is 2.84. The molecule has 28 heavy (non-hydrogen) atoms. The van der Waals surface area contributed by atoms with E-state index in [1.165, 1.54) is 4.88 Å². The molecule has 1 atom stereocenters. The Morgan fingerprint density at radius 3 is 2.57 bits per heavy atom. The second-order valence-corrected chi connectivity index (χ2v) is 7.32.